The molecule has 0 aliphatic heterocycles. The van der Waals surface area contributed by atoms with Crippen molar-refractivity contribution in [3.63, 3.8) is 0 Å². The van der Waals surface area contributed by atoms with E-state index in [1.165, 1.54) is 12.1 Å². The molecule has 0 aliphatic rings. The van der Waals surface area contributed by atoms with Crippen LogP contribution in [-0.2, 0) is 19.6 Å². The maximum Gasteiger partial charge on any atom is 0.322 e. The summed E-state index contributed by atoms with van der Waals surface area (Å²) in [4.78, 5) is 20.9. The molecule has 8 nitrogen and oxygen atoms in total. The zero-order valence-corrected chi connectivity index (χ0v) is 11.8. The minimum absolute atomic E-state index is 0.00452. The molecule has 1 rings (SSSR count). The number of benzene rings is 1. The van der Waals surface area contributed by atoms with Crippen molar-refractivity contribution in [2.45, 2.75) is 17.4 Å². The molecule has 0 aliphatic carbocycles. The SMILES string of the molecule is N#Cc1ccc(Cl)c(S(=O)(=O)N[C@H](CC(=O)O)C(=O)O)c1. The van der Waals surface area contributed by atoms with Crippen molar-refractivity contribution in [3.8, 4) is 6.07 Å². The van der Waals surface area contributed by atoms with Crippen molar-refractivity contribution in [1.82, 2.24) is 4.72 Å². The van der Waals surface area contributed by atoms with Gasteiger partial charge in [0.25, 0.3) is 0 Å². The lowest BCUT2D eigenvalue weighted by Crippen LogP contribution is -2.42. The Bertz CT molecular complexity index is 725. The molecule has 0 unspecified atom stereocenters. The van der Waals surface area contributed by atoms with Gasteiger partial charge in [0.2, 0.25) is 10.0 Å². The fourth-order valence-corrected chi connectivity index (χ4v) is 3.10. The molecule has 1 atom stereocenters. The lowest BCUT2D eigenvalue weighted by atomic mass is 10.2. The van der Waals surface area contributed by atoms with Crippen LogP contribution in [0.5, 0.6) is 0 Å². The number of nitrogens with zero attached hydrogens (tertiary/aromatic N) is 1. The third-order valence-corrected chi connectivity index (χ3v) is 4.28. The molecule has 0 radical (unpaired) electrons. The molecule has 0 spiro atoms. The van der Waals surface area contributed by atoms with Crippen LogP contribution in [0, 0.1) is 11.3 Å². The lowest BCUT2D eigenvalue weighted by molar-refractivity contribution is -0.145. The number of halogens is 1. The Balaban J connectivity index is 3.19. The first-order valence-electron chi connectivity index (χ1n) is 5.34. The molecule has 0 amide bonds. The number of carbonyl (C=O) groups is 2. The smallest absolute Gasteiger partial charge is 0.322 e. The number of nitriles is 1. The third-order valence-electron chi connectivity index (χ3n) is 2.32. The number of aliphatic carboxylic acids is 2. The Labute approximate surface area is 124 Å². The summed E-state index contributed by atoms with van der Waals surface area (Å²) in [7, 11) is -4.39. The topological polar surface area (TPSA) is 145 Å². The molecule has 0 aromatic heterocycles. The number of nitrogens with one attached hydrogen (secondary N) is 1. The molecule has 0 bridgehead atoms. The maximum absolute atomic E-state index is 12.1. The highest BCUT2D eigenvalue weighted by Crippen LogP contribution is 2.22. The van der Waals surface area contributed by atoms with Crippen LogP contribution in [0.1, 0.15) is 12.0 Å². The number of sulfonamides is 1. The monoisotopic (exact) mass is 332 g/mol. The van der Waals surface area contributed by atoms with Crippen LogP contribution in [0.4, 0.5) is 0 Å². The van der Waals surface area contributed by atoms with Gasteiger partial charge in [-0.05, 0) is 18.2 Å². The van der Waals surface area contributed by atoms with Crippen LogP contribution < -0.4 is 4.72 Å². The molecule has 1 aromatic carbocycles. The average Bonchev–Trinajstić information content (AvgIpc) is 2.37. The van der Waals surface area contributed by atoms with Gasteiger partial charge in [-0.25, -0.2) is 8.42 Å². The Morgan fingerprint density at radius 3 is 2.48 bits per heavy atom. The molecule has 3 N–H and O–H groups in total. The summed E-state index contributed by atoms with van der Waals surface area (Å²) in [5.74, 6) is -3.13. The normalized spacial score (nSPS) is 12.4. The van der Waals surface area contributed by atoms with E-state index in [0.29, 0.717) is 0 Å². The van der Waals surface area contributed by atoms with E-state index in [2.05, 4.69) is 0 Å². The summed E-state index contributed by atoms with van der Waals surface area (Å²) in [6, 6.07) is 3.28. The van der Waals surface area contributed by atoms with Crippen LogP contribution in [0.25, 0.3) is 0 Å². The Morgan fingerprint density at radius 1 is 1.38 bits per heavy atom. The third kappa shape index (κ3) is 4.42. The van der Waals surface area contributed by atoms with E-state index in [-0.39, 0.29) is 10.6 Å². The quantitative estimate of drug-likeness (QED) is 0.684. The molecular weight excluding hydrogens is 324 g/mol. The second-order valence-electron chi connectivity index (χ2n) is 3.87. The summed E-state index contributed by atoms with van der Waals surface area (Å²) in [6.07, 6.45) is -0.940. The van der Waals surface area contributed by atoms with Crippen molar-refractivity contribution >= 4 is 33.6 Å². The predicted molar refractivity (Wildman–Crippen MR) is 70.2 cm³/mol. The van der Waals surface area contributed by atoms with Crippen LogP contribution in [0.15, 0.2) is 23.1 Å². The van der Waals surface area contributed by atoms with E-state index in [4.69, 9.17) is 27.1 Å². The molecule has 0 saturated carbocycles. The van der Waals surface area contributed by atoms with Gasteiger partial charge in [-0.2, -0.15) is 9.98 Å². The van der Waals surface area contributed by atoms with Crippen molar-refractivity contribution in [3.05, 3.63) is 28.8 Å². The minimum atomic E-state index is -4.39. The van der Waals surface area contributed by atoms with Gasteiger partial charge < -0.3 is 10.2 Å². The second kappa shape index (κ2) is 6.53. The van der Waals surface area contributed by atoms with E-state index in [0.717, 1.165) is 6.07 Å². The summed E-state index contributed by atoms with van der Waals surface area (Å²) in [5, 5.41) is 25.9. The van der Waals surface area contributed by atoms with Crippen molar-refractivity contribution in [2.24, 2.45) is 0 Å². The number of hydrogen-bond donors (Lipinski definition) is 3. The van der Waals surface area contributed by atoms with Crippen LogP contribution in [-0.4, -0.2) is 36.6 Å². The van der Waals surface area contributed by atoms with Crippen LogP contribution >= 0.6 is 11.6 Å². The van der Waals surface area contributed by atoms with Gasteiger partial charge in [0.15, 0.2) is 0 Å². The summed E-state index contributed by atoms with van der Waals surface area (Å²) in [6.45, 7) is 0. The molecule has 21 heavy (non-hydrogen) atoms. The van der Waals surface area contributed by atoms with Crippen LogP contribution in [0.2, 0.25) is 5.02 Å². The molecule has 112 valence electrons. The Morgan fingerprint density at radius 2 is 2.00 bits per heavy atom. The standard InChI is InChI=1S/C11H9ClN2O6S/c12-7-2-1-6(5-13)3-9(7)21(19,20)14-8(11(17)18)4-10(15)16/h1-3,8,14H,4H2,(H,15,16)(H,17,18)/t8-/m1/s1. The van der Waals surface area contributed by atoms with E-state index >= 15 is 0 Å². The first-order chi connectivity index (χ1) is 9.67. The van der Waals surface area contributed by atoms with Gasteiger partial charge in [-0.3, -0.25) is 9.59 Å². The zero-order valence-electron chi connectivity index (χ0n) is 10.3. The number of hydrogen-bond acceptors (Lipinski definition) is 5. The lowest BCUT2D eigenvalue weighted by Gasteiger charge is -2.13. The maximum atomic E-state index is 12.1. The fourth-order valence-electron chi connectivity index (χ4n) is 1.38. The van der Waals surface area contributed by atoms with Gasteiger partial charge >= 0.3 is 11.9 Å². The fraction of sp³-hybridized carbons (Fsp3) is 0.182. The first-order valence-corrected chi connectivity index (χ1v) is 7.20. The predicted octanol–water partition coefficient (Wildman–Crippen LogP) is 0.418. The average molecular weight is 333 g/mol. The Hall–Kier alpha value is -2.15. The summed E-state index contributed by atoms with van der Waals surface area (Å²) >= 11 is 5.71. The summed E-state index contributed by atoms with van der Waals surface area (Å²) < 4.78 is 25.8. The molecule has 0 saturated heterocycles. The van der Waals surface area contributed by atoms with E-state index in [1.807, 2.05) is 0 Å². The van der Waals surface area contributed by atoms with Gasteiger partial charge in [0, 0.05) is 0 Å². The Kier molecular flexibility index (Phi) is 5.26. The molecule has 0 fully saturated rings. The highest BCUT2D eigenvalue weighted by Gasteiger charge is 2.29. The zero-order chi connectivity index (χ0) is 16.2. The highest BCUT2D eigenvalue weighted by atomic mass is 35.5. The molecule has 1 aromatic rings. The molecule has 10 heteroatoms. The summed E-state index contributed by atoms with van der Waals surface area (Å²) in [5.41, 5.74) is 0.00452. The first kappa shape index (κ1) is 16.9. The van der Waals surface area contributed by atoms with E-state index in [1.54, 1.807) is 10.8 Å². The largest absolute Gasteiger partial charge is 0.481 e. The number of rotatable bonds is 6. The van der Waals surface area contributed by atoms with Gasteiger partial charge in [-0.15, -0.1) is 0 Å². The second-order valence-corrected chi connectivity index (χ2v) is 5.96. The van der Waals surface area contributed by atoms with Crippen LogP contribution in [0.3, 0.4) is 0 Å². The number of carboxylic acids is 2. The number of carboxylic acid groups (broad SMARTS) is 2. The van der Waals surface area contributed by atoms with Crippen molar-refractivity contribution in [2.75, 3.05) is 0 Å². The van der Waals surface area contributed by atoms with E-state index < -0.39 is 39.3 Å². The van der Waals surface area contributed by atoms with Gasteiger partial charge in [0.1, 0.15) is 10.9 Å². The highest BCUT2D eigenvalue weighted by molar-refractivity contribution is 7.89. The minimum Gasteiger partial charge on any atom is -0.481 e. The van der Waals surface area contributed by atoms with E-state index in [9.17, 15) is 18.0 Å². The van der Waals surface area contributed by atoms with Gasteiger partial charge in [-0.1, -0.05) is 11.6 Å². The molecule has 0 heterocycles. The van der Waals surface area contributed by atoms with Crippen molar-refractivity contribution in [1.29, 1.82) is 5.26 Å². The van der Waals surface area contributed by atoms with Crippen molar-refractivity contribution < 1.29 is 28.2 Å². The van der Waals surface area contributed by atoms with Gasteiger partial charge in [0.05, 0.1) is 23.1 Å². The molecular formula is C11H9ClN2O6S.